The molecule has 0 spiro atoms. The first-order valence-electron chi connectivity index (χ1n) is 9.11. The Hall–Kier alpha value is -2.87. The molecule has 3 heterocycles. The topological polar surface area (TPSA) is 91.4 Å². The summed E-state index contributed by atoms with van der Waals surface area (Å²) in [4.78, 5) is 42.9. The summed E-state index contributed by atoms with van der Waals surface area (Å²) in [5.74, 6) is 0.104. The minimum Gasteiger partial charge on any atom is -0.354 e. The largest absolute Gasteiger partial charge is 0.354 e. The highest BCUT2D eigenvalue weighted by Crippen LogP contribution is 2.47. The van der Waals surface area contributed by atoms with Gasteiger partial charge in [-0.15, -0.1) is 11.8 Å². The smallest absolute Gasteiger partial charge is 0.256 e. The van der Waals surface area contributed by atoms with E-state index in [0.717, 1.165) is 11.1 Å². The molecular formula is C20H20N4O3S. The van der Waals surface area contributed by atoms with Gasteiger partial charge in [-0.1, -0.05) is 24.3 Å². The molecule has 8 heteroatoms. The van der Waals surface area contributed by atoms with Crippen molar-refractivity contribution >= 4 is 29.5 Å². The van der Waals surface area contributed by atoms with Gasteiger partial charge in [-0.2, -0.15) is 0 Å². The number of benzene rings is 1. The zero-order valence-electron chi connectivity index (χ0n) is 15.1. The molecule has 2 aromatic rings. The van der Waals surface area contributed by atoms with Gasteiger partial charge >= 0.3 is 0 Å². The van der Waals surface area contributed by atoms with Gasteiger partial charge < -0.3 is 15.5 Å². The minimum absolute atomic E-state index is 0.0952. The average molecular weight is 396 g/mol. The molecule has 0 aliphatic carbocycles. The SMILES string of the molecule is O=C(CCNC(=O)[C@@H]1CS[C@H]2c3ccccc3C(=O)N12)NCc1cccnc1. The van der Waals surface area contributed by atoms with E-state index in [-0.39, 0.29) is 36.1 Å². The fourth-order valence-electron chi connectivity index (χ4n) is 3.45. The molecule has 28 heavy (non-hydrogen) atoms. The van der Waals surface area contributed by atoms with Crippen LogP contribution in [0.2, 0.25) is 0 Å². The van der Waals surface area contributed by atoms with Crippen LogP contribution in [0.15, 0.2) is 48.8 Å². The lowest BCUT2D eigenvalue weighted by molar-refractivity contribution is -0.125. The van der Waals surface area contributed by atoms with Crippen LogP contribution in [0.4, 0.5) is 0 Å². The molecule has 1 aromatic heterocycles. The third-order valence-corrected chi connectivity index (χ3v) is 6.16. The van der Waals surface area contributed by atoms with Gasteiger partial charge in [-0.25, -0.2) is 0 Å². The van der Waals surface area contributed by atoms with E-state index in [4.69, 9.17) is 0 Å². The van der Waals surface area contributed by atoms with Gasteiger partial charge in [-0.05, 0) is 23.3 Å². The Morgan fingerprint density at radius 3 is 2.86 bits per heavy atom. The molecule has 3 amide bonds. The Bertz CT molecular complexity index is 905. The fraction of sp³-hybridized carbons (Fsp3) is 0.300. The highest BCUT2D eigenvalue weighted by Gasteiger charge is 2.48. The minimum atomic E-state index is -0.506. The lowest BCUT2D eigenvalue weighted by Gasteiger charge is -2.22. The third kappa shape index (κ3) is 3.60. The van der Waals surface area contributed by atoms with E-state index in [9.17, 15) is 14.4 Å². The van der Waals surface area contributed by atoms with Gasteiger partial charge in [-0.3, -0.25) is 19.4 Å². The molecule has 2 atom stereocenters. The second-order valence-electron chi connectivity index (χ2n) is 6.68. The molecule has 1 saturated heterocycles. The maximum atomic E-state index is 12.7. The number of pyridine rings is 1. The number of hydrogen-bond donors (Lipinski definition) is 2. The van der Waals surface area contributed by atoms with Gasteiger partial charge in [0.05, 0.1) is 0 Å². The zero-order valence-corrected chi connectivity index (χ0v) is 15.9. The summed E-state index contributed by atoms with van der Waals surface area (Å²) in [7, 11) is 0. The van der Waals surface area contributed by atoms with Crippen LogP contribution in [0.1, 0.15) is 33.3 Å². The van der Waals surface area contributed by atoms with Crippen molar-refractivity contribution < 1.29 is 14.4 Å². The highest BCUT2D eigenvalue weighted by molar-refractivity contribution is 7.99. The van der Waals surface area contributed by atoms with Gasteiger partial charge in [0, 0.05) is 43.2 Å². The molecule has 0 saturated carbocycles. The number of hydrogen-bond acceptors (Lipinski definition) is 5. The van der Waals surface area contributed by atoms with Crippen molar-refractivity contribution in [2.75, 3.05) is 12.3 Å². The molecule has 7 nitrogen and oxygen atoms in total. The number of carbonyl (C=O) groups is 3. The molecule has 2 N–H and O–H groups in total. The summed E-state index contributed by atoms with van der Waals surface area (Å²) >= 11 is 1.60. The molecule has 2 aliphatic rings. The number of rotatable bonds is 6. The lowest BCUT2D eigenvalue weighted by Crippen LogP contribution is -2.46. The number of aromatic nitrogens is 1. The number of carbonyl (C=O) groups excluding carboxylic acids is 3. The summed E-state index contributed by atoms with van der Waals surface area (Å²) in [6.45, 7) is 0.640. The Labute approximate surface area is 166 Å². The second-order valence-corrected chi connectivity index (χ2v) is 7.79. The first-order valence-corrected chi connectivity index (χ1v) is 10.2. The number of fused-ring (bicyclic) bond motifs is 3. The molecule has 2 aliphatic heterocycles. The fourth-order valence-corrected chi connectivity index (χ4v) is 4.92. The van der Waals surface area contributed by atoms with E-state index in [1.807, 2.05) is 30.3 Å². The summed E-state index contributed by atoms with van der Waals surface area (Å²) in [5, 5.41) is 5.50. The second kappa shape index (κ2) is 8.02. The van der Waals surface area contributed by atoms with Crippen LogP contribution >= 0.6 is 11.8 Å². The molecule has 1 aromatic carbocycles. The molecule has 0 bridgehead atoms. The van der Waals surface area contributed by atoms with Crippen molar-refractivity contribution in [3.63, 3.8) is 0 Å². The standard InChI is InChI=1S/C20H20N4O3S/c25-17(23-11-13-4-3-8-21-10-13)7-9-22-18(26)16-12-28-20-15-6-2-1-5-14(15)19(27)24(16)20/h1-6,8,10,16,20H,7,9,11-12H2,(H,22,26)(H,23,25)/t16-,20-/m0/s1. The van der Waals surface area contributed by atoms with Crippen molar-refractivity contribution in [3.05, 3.63) is 65.5 Å². The zero-order chi connectivity index (χ0) is 19.5. The normalized spacial score (nSPS) is 19.9. The Morgan fingerprint density at radius 2 is 2.04 bits per heavy atom. The Balaban J connectivity index is 1.26. The monoisotopic (exact) mass is 396 g/mol. The van der Waals surface area contributed by atoms with E-state index < -0.39 is 6.04 Å². The molecular weight excluding hydrogens is 376 g/mol. The van der Waals surface area contributed by atoms with Gasteiger partial charge in [0.1, 0.15) is 11.4 Å². The van der Waals surface area contributed by atoms with Crippen molar-refractivity contribution in [2.24, 2.45) is 0 Å². The molecule has 4 rings (SSSR count). The first kappa shape index (κ1) is 18.5. The van der Waals surface area contributed by atoms with Crippen LogP contribution in [0.3, 0.4) is 0 Å². The van der Waals surface area contributed by atoms with Crippen molar-refractivity contribution in [1.82, 2.24) is 20.5 Å². The van der Waals surface area contributed by atoms with E-state index in [2.05, 4.69) is 15.6 Å². The quantitative estimate of drug-likeness (QED) is 0.772. The number of nitrogens with one attached hydrogen (secondary N) is 2. The van der Waals surface area contributed by atoms with E-state index in [1.54, 1.807) is 35.1 Å². The number of thioether (sulfide) groups is 1. The molecule has 1 fully saturated rings. The van der Waals surface area contributed by atoms with E-state index >= 15 is 0 Å². The Kier molecular flexibility index (Phi) is 5.29. The summed E-state index contributed by atoms with van der Waals surface area (Å²) in [6, 6.07) is 10.7. The summed E-state index contributed by atoms with van der Waals surface area (Å²) in [5.41, 5.74) is 2.57. The molecule has 0 unspecified atom stereocenters. The summed E-state index contributed by atoms with van der Waals surface area (Å²) < 4.78 is 0. The van der Waals surface area contributed by atoms with Gasteiger partial charge in [0.15, 0.2) is 0 Å². The van der Waals surface area contributed by atoms with Crippen LogP contribution in [0.5, 0.6) is 0 Å². The lowest BCUT2D eigenvalue weighted by atomic mass is 10.1. The Morgan fingerprint density at radius 1 is 1.18 bits per heavy atom. The van der Waals surface area contributed by atoms with E-state index in [1.165, 1.54) is 0 Å². The predicted octanol–water partition coefficient (Wildman–Crippen LogP) is 1.47. The van der Waals surface area contributed by atoms with Crippen LogP contribution < -0.4 is 10.6 Å². The maximum Gasteiger partial charge on any atom is 0.256 e. The van der Waals surface area contributed by atoms with Crippen molar-refractivity contribution in [1.29, 1.82) is 0 Å². The van der Waals surface area contributed by atoms with Crippen LogP contribution in [-0.4, -0.2) is 45.9 Å². The molecule has 144 valence electrons. The van der Waals surface area contributed by atoms with Crippen LogP contribution in [0, 0.1) is 0 Å². The third-order valence-electron chi connectivity index (χ3n) is 4.86. The predicted molar refractivity (Wildman–Crippen MR) is 105 cm³/mol. The number of amides is 3. The van der Waals surface area contributed by atoms with Crippen molar-refractivity contribution in [3.8, 4) is 0 Å². The average Bonchev–Trinajstić information content (AvgIpc) is 3.28. The van der Waals surface area contributed by atoms with Gasteiger partial charge in [0.2, 0.25) is 11.8 Å². The van der Waals surface area contributed by atoms with Crippen molar-refractivity contribution in [2.45, 2.75) is 24.4 Å². The summed E-state index contributed by atoms with van der Waals surface area (Å²) in [6.07, 6.45) is 3.56. The van der Waals surface area contributed by atoms with Crippen LogP contribution in [-0.2, 0) is 16.1 Å². The first-order chi connectivity index (χ1) is 13.6. The highest BCUT2D eigenvalue weighted by atomic mass is 32.2. The molecule has 0 radical (unpaired) electrons. The number of nitrogens with zero attached hydrogens (tertiary/aromatic N) is 2. The van der Waals surface area contributed by atoms with E-state index in [0.29, 0.717) is 17.9 Å². The van der Waals surface area contributed by atoms with Crippen LogP contribution in [0.25, 0.3) is 0 Å². The maximum absolute atomic E-state index is 12.7. The van der Waals surface area contributed by atoms with Gasteiger partial charge in [0.25, 0.3) is 5.91 Å².